The maximum absolute atomic E-state index is 6.12. The molecule has 0 spiro atoms. The summed E-state index contributed by atoms with van der Waals surface area (Å²) in [6.45, 7) is 2.08. The number of anilines is 1. The van der Waals surface area contributed by atoms with Gasteiger partial charge in [-0.1, -0.05) is 0 Å². The van der Waals surface area contributed by atoms with Crippen LogP contribution in [0.4, 0.5) is 5.95 Å². The summed E-state index contributed by atoms with van der Waals surface area (Å²) in [4.78, 5) is 7.11. The van der Waals surface area contributed by atoms with Crippen molar-refractivity contribution in [3.63, 3.8) is 0 Å². The zero-order valence-electron chi connectivity index (χ0n) is 11.2. The van der Waals surface area contributed by atoms with Gasteiger partial charge in [-0.05, 0) is 50.3 Å². The zero-order valence-corrected chi connectivity index (χ0v) is 11.2. The van der Waals surface area contributed by atoms with E-state index in [1.807, 2.05) is 10.7 Å². The molecule has 2 aliphatic rings. The van der Waals surface area contributed by atoms with Crippen LogP contribution in [0.5, 0.6) is 0 Å². The second-order valence-corrected chi connectivity index (χ2v) is 5.94. The van der Waals surface area contributed by atoms with E-state index in [1.165, 1.54) is 18.4 Å². The first-order chi connectivity index (χ1) is 9.20. The van der Waals surface area contributed by atoms with Crippen molar-refractivity contribution in [1.29, 1.82) is 0 Å². The highest BCUT2D eigenvalue weighted by molar-refractivity contribution is 5.48. The molecule has 2 saturated heterocycles. The molecule has 2 bridgehead atoms. The lowest BCUT2D eigenvalue weighted by atomic mass is 9.99. The van der Waals surface area contributed by atoms with Gasteiger partial charge < -0.3 is 10.6 Å². The van der Waals surface area contributed by atoms with Gasteiger partial charge >= 0.3 is 0 Å². The van der Waals surface area contributed by atoms with Crippen LogP contribution in [0.15, 0.2) is 18.3 Å². The van der Waals surface area contributed by atoms with Crippen LogP contribution in [0.2, 0.25) is 0 Å². The maximum Gasteiger partial charge on any atom is 0.246 e. The topological polar surface area (TPSA) is 59.5 Å². The highest BCUT2D eigenvalue weighted by Gasteiger charge is 2.41. The number of hydrogen-bond acceptors (Lipinski definition) is 4. The highest BCUT2D eigenvalue weighted by atomic mass is 15.4. The van der Waals surface area contributed by atoms with Crippen LogP contribution in [-0.2, 0) is 0 Å². The van der Waals surface area contributed by atoms with E-state index in [9.17, 15) is 0 Å². The number of fused-ring (bicyclic) bond motifs is 3. The number of rotatable bonds is 1. The van der Waals surface area contributed by atoms with Crippen LogP contribution >= 0.6 is 0 Å². The number of nitrogens with two attached hydrogens (primary N) is 1. The zero-order chi connectivity index (χ0) is 13.0. The molecule has 4 heterocycles. The summed E-state index contributed by atoms with van der Waals surface area (Å²) in [5.74, 6) is 0.880. The van der Waals surface area contributed by atoms with E-state index in [-0.39, 0.29) is 0 Å². The third-order valence-electron chi connectivity index (χ3n) is 4.48. The fourth-order valence-electron chi connectivity index (χ4n) is 3.63. The monoisotopic (exact) mass is 257 g/mol. The Morgan fingerprint density at radius 2 is 2.00 bits per heavy atom. The van der Waals surface area contributed by atoms with Crippen LogP contribution < -0.4 is 10.6 Å². The van der Waals surface area contributed by atoms with Gasteiger partial charge in [-0.2, -0.15) is 4.98 Å². The molecular weight excluding hydrogens is 238 g/mol. The summed E-state index contributed by atoms with van der Waals surface area (Å²) < 4.78 is 1.87. The summed E-state index contributed by atoms with van der Waals surface area (Å²) in [7, 11) is 0. The molecule has 0 radical (unpaired) electrons. The summed E-state index contributed by atoms with van der Waals surface area (Å²) in [5, 5.41) is 4.63. The minimum atomic E-state index is 0.355. The lowest BCUT2D eigenvalue weighted by molar-refractivity contribution is 0.409. The number of nitrogens with zero attached hydrogens (tertiary/aromatic N) is 4. The molecule has 2 aromatic heterocycles. The Kier molecular flexibility index (Phi) is 2.33. The Balaban J connectivity index is 1.74. The molecule has 2 fully saturated rings. The second kappa shape index (κ2) is 3.93. The van der Waals surface area contributed by atoms with Gasteiger partial charge in [0, 0.05) is 24.3 Å². The van der Waals surface area contributed by atoms with E-state index < -0.39 is 0 Å². The maximum atomic E-state index is 6.12. The van der Waals surface area contributed by atoms with E-state index in [2.05, 4.69) is 29.1 Å². The molecule has 5 heteroatoms. The Bertz CT molecular complexity index is 605. The third-order valence-corrected chi connectivity index (χ3v) is 4.48. The number of piperidine rings is 1. The number of pyridine rings is 1. The Labute approximate surface area is 112 Å². The molecule has 0 aliphatic carbocycles. The molecule has 0 amide bonds. The van der Waals surface area contributed by atoms with Gasteiger partial charge in [0.05, 0.1) is 0 Å². The summed E-state index contributed by atoms with van der Waals surface area (Å²) in [6, 6.07) is 5.56. The molecule has 5 nitrogen and oxygen atoms in total. The normalized spacial score (nSPS) is 30.2. The van der Waals surface area contributed by atoms with Crippen molar-refractivity contribution in [2.45, 2.75) is 50.7 Å². The highest BCUT2D eigenvalue weighted by Crippen LogP contribution is 2.37. The van der Waals surface area contributed by atoms with E-state index in [1.54, 1.807) is 0 Å². The third kappa shape index (κ3) is 1.72. The van der Waals surface area contributed by atoms with Gasteiger partial charge in [0.15, 0.2) is 5.65 Å². The second-order valence-electron chi connectivity index (χ2n) is 5.94. The van der Waals surface area contributed by atoms with Gasteiger partial charge in [0.1, 0.15) is 0 Å². The largest absolute Gasteiger partial charge is 0.333 e. The molecule has 2 unspecified atom stereocenters. The Morgan fingerprint density at radius 1 is 1.26 bits per heavy atom. The SMILES string of the molecule is Cc1ccn2nc(N3C4CCC3CC(N)C4)nc2c1. The van der Waals surface area contributed by atoms with Gasteiger partial charge in [0.2, 0.25) is 5.95 Å². The van der Waals surface area contributed by atoms with Crippen LogP contribution in [0.25, 0.3) is 5.65 Å². The molecule has 0 saturated carbocycles. The predicted octanol–water partition coefficient (Wildman–Crippen LogP) is 1.50. The van der Waals surface area contributed by atoms with Crippen molar-refractivity contribution in [2.24, 2.45) is 5.73 Å². The minimum Gasteiger partial charge on any atom is -0.333 e. The molecule has 2 atom stereocenters. The molecule has 19 heavy (non-hydrogen) atoms. The van der Waals surface area contributed by atoms with Crippen LogP contribution in [0, 0.1) is 6.92 Å². The number of aromatic nitrogens is 3. The summed E-state index contributed by atoms with van der Waals surface area (Å²) >= 11 is 0. The van der Waals surface area contributed by atoms with Crippen molar-refractivity contribution in [3.05, 3.63) is 23.9 Å². The Morgan fingerprint density at radius 3 is 2.74 bits per heavy atom. The average Bonchev–Trinajstić information content (AvgIpc) is 2.88. The van der Waals surface area contributed by atoms with Crippen molar-refractivity contribution in [3.8, 4) is 0 Å². The quantitative estimate of drug-likeness (QED) is 0.841. The summed E-state index contributed by atoms with van der Waals surface area (Å²) in [5.41, 5.74) is 8.27. The molecule has 4 rings (SSSR count). The van der Waals surface area contributed by atoms with E-state index >= 15 is 0 Å². The molecular formula is C14H19N5. The lowest BCUT2D eigenvalue weighted by Crippen LogP contribution is -2.48. The van der Waals surface area contributed by atoms with E-state index in [0.29, 0.717) is 18.1 Å². The fourth-order valence-corrected chi connectivity index (χ4v) is 3.63. The standard InChI is InChI=1S/C14H19N5/c1-9-4-5-18-13(6-9)16-14(17-18)19-11-2-3-12(19)8-10(15)7-11/h4-6,10-12H,2-3,7-8,15H2,1H3. The van der Waals surface area contributed by atoms with Crippen molar-refractivity contribution in [2.75, 3.05) is 4.90 Å². The summed E-state index contributed by atoms with van der Waals surface area (Å²) in [6.07, 6.45) is 6.59. The minimum absolute atomic E-state index is 0.355. The number of aryl methyl sites for hydroxylation is 1. The molecule has 2 N–H and O–H groups in total. The van der Waals surface area contributed by atoms with Gasteiger partial charge in [-0.3, -0.25) is 0 Å². The van der Waals surface area contributed by atoms with Crippen LogP contribution in [0.3, 0.4) is 0 Å². The van der Waals surface area contributed by atoms with Gasteiger partial charge in [-0.15, -0.1) is 5.10 Å². The fraction of sp³-hybridized carbons (Fsp3) is 0.571. The predicted molar refractivity (Wildman–Crippen MR) is 74.2 cm³/mol. The van der Waals surface area contributed by atoms with Gasteiger partial charge in [0.25, 0.3) is 0 Å². The lowest BCUT2D eigenvalue weighted by Gasteiger charge is -2.36. The average molecular weight is 257 g/mol. The van der Waals surface area contributed by atoms with Gasteiger partial charge in [-0.25, -0.2) is 4.52 Å². The first-order valence-corrected chi connectivity index (χ1v) is 7.07. The molecule has 2 aliphatic heterocycles. The smallest absolute Gasteiger partial charge is 0.246 e. The molecule has 2 aromatic rings. The molecule has 0 aromatic carbocycles. The number of hydrogen-bond donors (Lipinski definition) is 1. The van der Waals surface area contributed by atoms with E-state index in [4.69, 9.17) is 10.7 Å². The molecule has 100 valence electrons. The van der Waals surface area contributed by atoms with Crippen molar-refractivity contribution in [1.82, 2.24) is 14.6 Å². The van der Waals surface area contributed by atoms with Crippen molar-refractivity contribution >= 4 is 11.6 Å². The first-order valence-electron chi connectivity index (χ1n) is 7.07. The first kappa shape index (κ1) is 11.2. The van der Waals surface area contributed by atoms with E-state index in [0.717, 1.165) is 24.4 Å². The van der Waals surface area contributed by atoms with Crippen LogP contribution in [-0.4, -0.2) is 32.7 Å². The Hall–Kier alpha value is -1.62. The van der Waals surface area contributed by atoms with Crippen molar-refractivity contribution < 1.29 is 0 Å². The van der Waals surface area contributed by atoms with Crippen LogP contribution in [0.1, 0.15) is 31.2 Å².